The smallest absolute Gasteiger partial charge is 0.0888 e. The number of para-hydroxylation sites is 4. The number of pyridine rings is 1. The van der Waals surface area contributed by atoms with Crippen LogP contribution in [0.1, 0.15) is 0 Å². The molecule has 9 aromatic carbocycles. The van der Waals surface area contributed by atoms with Crippen molar-refractivity contribution in [2.24, 2.45) is 0 Å². The molecule has 63 heavy (non-hydrogen) atoms. The molecule has 4 heterocycles. The molecule has 0 aliphatic heterocycles. The summed E-state index contributed by atoms with van der Waals surface area (Å²) in [5.41, 5.74) is 15.9. The van der Waals surface area contributed by atoms with Crippen molar-refractivity contribution in [3.05, 3.63) is 224 Å². The molecule has 0 saturated heterocycles. The number of benzene rings is 9. The van der Waals surface area contributed by atoms with Crippen LogP contribution >= 0.6 is 11.3 Å². The quantitative estimate of drug-likeness (QED) is 0.164. The van der Waals surface area contributed by atoms with Gasteiger partial charge in [-0.3, -0.25) is 0 Å². The summed E-state index contributed by atoms with van der Waals surface area (Å²) in [7, 11) is 0. The minimum absolute atomic E-state index is 0.967. The highest BCUT2D eigenvalue weighted by Gasteiger charge is 2.23. The monoisotopic (exact) mass is 819 g/mol. The van der Waals surface area contributed by atoms with Gasteiger partial charge in [0.25, 0.3) is 0 Å². The molecule has 294 valence electrons. The van der Waals surface area contributed by atoms with Crippen molar-refractivity contribution < 1.29 is 0 Å². The van der Waals surface area contributed by atoms with Crippen LogP contribution in [0.15, 0.2) is 224 Å². The molecular formula is C59H37N3S. The van der Waals surface area contributed by atoms with Crippen LogP contribution < -0.4 is 0 Å². The molecular weight excluding hydrogens is 783 g/mol. The van der Waals surface area contributed by atoms with E-state index in [4.69, 9.17) is 4.98 Å². The van der Waals surface area contributed by atoms with Crippen LogP contribution in [0.5, 0.6) is 0 Å². The summed E-state index contributed by atoms with van der Waals surface area (Å²) < 4.78 is 6.07. The molecule has 0 amide bonds. The zero-order chi connectivity index (χ0) is 41.4. The van der Waals surface area contributed by atoms with Gasteiger partial charge in [-0.15, -0.1) is 11.3 Å². The summed E-state index contributed by atoms with van der Waals surface area (Å²) in [6.45, 7) is 0. The largest absolute Gasteiger partial charge is 0.309 e. The Hall–Kier alpha value is -8.05. The van der Waals surface area contributed by atoms with Gasteiger partial charge < -0.3 is 9.13 Å². The van der Waals surface area contributed by atoms with E-state index >= 15 is 0 Å². The van der Waals surface area contributed by atoms with Crippen molar-refractivity contribution in [3.63, 3.8) is 0 Å². The van der Waals surface area contributed by atoms with Crippen molar-refractivity contribution in [1.29, 1.82) is 0 Å². The molecule has 0 radical (unpaired) electrons. The number of hydrogen-bond acceptors (Lipinski definition) is 2. The first-order valence-electron chi connectivity index (χ1n) is 21.5. The van der Waals surface area contributed by atoms with Crippen molar-refractivity contribution in [1.82, 2.24) is 14.1 Å². The maximum absolute atomic E-state index is 5.61. The standard InChI is InChI=1S/C59H37N3S/c1-4-18-38(19-5-1)55-56-49-33-32-41(36-50(49)60-57(39-20-6-2-7-21-39)59(56)63-58(55)40-22-8-3-9-23-40)42-34-43(61-51-28-14-10-24-45(51)46-25-11-15-29-52(46)61)37-44(35-42)62-53-30-16-12-26-47(53)48-27-13-17-31-54(48)62/h1-37H. The van der Waals surface area contributed by atoms with E-state index in [1.165, 1.54) is 75.3 Å². The third kappa shape index (κ3) is 5.62. The lowest BCUT2D eigenvalue weighted by Gasteiger charge is -2.16. The van der Waals surface area contributed by atoms with E-state index in [1.807, 2.05) is 11.3 Å². The number of aromatic nitrogens is 3. The van der Waals surface area contributed by atoms with Gasteiger partial charge >= 0.3 is 0 Å². The molecule has 0 fully saturated rings. The first-order chi connectivity index (χ1) is 31.3. The first kappa shape index (κ1) is 35.7. The number of hydrogen-bond donors (Lipinski definition) is 0. The zero-order valence-corrected chi connectivity index (χ0v) is 34.9. The number of nitrogens with zero attached hydrogens (tertiary/aromatic N) is 3. The molecule has 0 bridgehead atoms. The summed E-state index contributed by atoms with van der Waals surface area (Å²) >= 11 is 1.84. The van der Waals surface area contributed by atoms with Gasteiger partial charge in [-0.2, -0.15) is 0 Å². The Bertz CT molecular complexity index is 3660. The molecule has 13 aromatic rings. The Balaban J connectivity index is 1.12. The lowest BCUT2D eigenvalue weighted by Crippen LogP contribution is -2.00. The molecule has 4 aromatic heterocycles. The molecule has 0 aliphatic rings. The maximum atomic E-state index is 5.61. The van der Waals surface area contributed by atoms with Crippen molar-refractivity contribution in [2.75, 3.05) is 0 Å². The fourth-order valence-electron chi connectivity index (χ4n) is 9.93. The van der Waals surface area contributed by atoms with Crippen molar-refractivity contribution >= 4 is 75.9 Å². The maximum Gasteiger partial charge on any atom is 0.0888 e. The molecule has 0 unspecified atom stereocenters. The lowest BCUT2D eigenvalue weighted by atomic mass is 9.94. The average molecular weight is 820 g/mol. The number of rotatable bonds is 6. The number of thiophene rings is 1. The Kier molecular flexibility index (Phi) is 8.08. The molecule has 3 nitrogen and oxygen atoms in total. The SMILES string of the molecule is c1ccc(-c2sc3c(-c4ccccc4)nc4cc(-c5cc(-n6c7ccccc7c7ccccc76)cc(-n6c7ccccc7c7ccccc76)c5)ccc4c3c2-c2ccccc2)cc1. The molecule has 0 saturated carbocycles. The molecule has 0 aliphatic carbocycles. The van der Waals surface area contributed by atoms with Gasteiger partial charge in [-0.05, 0) is 70.8 Å². The second-order valence-corrected chi connectivity index (χ2v) is 17.3. The summed E-state index contributed by atoms with van der Waals surface area (Å²) in [6.07, 6.45) is 0. The predicted octanol–water partition coefficient (Wildman–Crippen LogP) is 16.3. The molecule has 0 spiro atoms. The van der Waals surface area contributed by atoms with E-state index in [-0.39, 0.29) is 0 Å². The summed E-state index contributed by atoms with van der Waals surface area (Å²) in [4.78, 5) is 6.86. The van der Waals surface area contributed by atoms with Gasteiger partial charge in [-0.1, -0.05) is 176 Å². The Morgan fingerprint density at radius 3 is 1.29 bits per heavy atom. The van der Waals surface area contributed by atoms with Crippen LogP contribution in [0, 0.1) is 0 Å². The highest BCUT2D eigenvalue weighted by atomic mass is 32.1. The lowest BCUT2D eigenvalue weighted by molar-refractivity contribution is 1.13. The van der Waals surface area contributed by atoms with Crippen LogP contribution in [0.3, 0.4) is 0 Å². The van der Waals surface area contributed by atoms with Crippen LogP contribution in [0.25, 0.3) is 120 Å². The highest BCUT2D eigenvalue weighted by molar-refractivity contribution is 7.23. The van der Waals surface area contributed by atoms with Gasteiger partial charge in [0, 0.05) is 59.7 Å². The van der Waals surface area contributed by atoms with Gasteiger partial charge in [-0.25, -0.2) is 4.98 Å². The van der Waals surface area contributed by atoms with Crippen LogP contribution in [-0.2, 0) is 0 Å². The van der Waals surface area contributed by atoms with Gasteiger partial charge in [0.1, 0.15) is 0 Å². The van der Waals surface area contributed by atoms with Gasteiger partial charge in [0.2, 0.25) is 0 Å². The zero-order valence-electron chi connectivity index (χ0n) is 34.1. The summed E-state index contributed by atoms with van der Waals surface area (Å²) in [5.74, 6) is 0. The third-order valence-corrected chi connectivity index (χ3v) is 13.9. The normalized spacial score (nSPS) is 11.8. The van der Waals surface area contributed by atoms with E-state index in [0.717, 1.165) is 44.7 Å². The van der Waals surface area contributed by atoms with Crippen molar-refractivity contribution in [2.45, 2.75) is 0 Å². The minimum Gasteiger partial charge on any atom is -0.309 e. The Morgan fingerprint density at radius 2 is 0.778 bits per heavy atom. The second kappa shape index (κ2) is 14.3. The van der Waals surface area contributed by atoms with E-state index in [9.17, 15) is 0 Å². The minimum atomic E-state index is 0.967. The fraction of sp³-hybridized carbons (Fsp3) is 0. The molecule has 4 heteroatoms. The highest BCUT2D eigenvalue weighted by Crippen LogP contribution is 2.50. The summed E-state index contributed by atoms with van der Waals surface area (Å²) in [6, 6.07) is 81.5. The van der Waals surface area contributed by atoms with Crippen molar-refractivity contribution in [3.8, 4) is 55.3 Å². The topological polar surface area (TPSA) is 22.8 Å². The van der Waals surface area contributed by atoms with E-state index in [1.54, 1.807) is 0 Å². The summed E-state index contributed by atoms with van der Waals surface area (Å²) in [5, 5.41) is 7.35. The van der Waals surface area contributed by atoms with E-state index in [2.05, 4.69) is 234 Å². The average Bonchev–Trinajstić information content (AvgIpc) is 4.03. The molecule has 13 rings (SSSR count). The number of fused-ring (bicyclic) bond motifs is 9. The van der Waals surface area contributed by atoms with Gasteiger partial charge in [0.05, 0.1) is 38.0 Å². The van der Waals surface area contributed by atoms with Crippen LogP contribution in [0.4, 0.5) is 0 Å². The predicted molar refractivity (Wildman–Crippen MR) is 268 cm³/mol. The second-order valence-electron chi connectivity index (χ2n) is 16.3. The molecule has 0 atom stereocenters. The fourth-order valence-corrected chi connectivity index (χ4v) is 11.3. The first-order valence-corrected chi connectivity index (χ1v) is 22.3. The molecule has 0 N–H and O–H groups in total. The third-order valence-electron chi connectivity index (χ3n) is 12.7. The van der Waals surface area contributed by atoms with Crippen LogP contribution in [-0.4, -0.2) is 14.1 Å². The van der Waals surface area contributed by atoms with E-state index < -0.39 is 0 Å². The van der Waals surface area contributed by atoms with Crippen LogP contribution in [0.2, 0.25) is 0 Å². The van der Waals surface area contributed by atoms with Gasteiger partial charge in [0.15, 0.2) is 0 Å². The van der Waals surface area contributed by atoms with E-state index in [0.29, 0.717) is 0 Å². The Labute approximate surface area is 368 Å². The Morgan fingerprint density at radius 1 is 0.333 bits per heavy atom.